The second-order valence-electron chi connectivity index (χ2n) is 3.20. The summed E-state index contributed by atoms with van der Waals surface area (Å²) in [5, 5.41) is 0. The Hall–Kier alpha value is -0.620. The minimum atomic E-state index is -3.04. The van der Waals surface area contributed by atoms with Gasteiger partial charge in [0.15, 0.2) is 9.84 Å². The fourth-order valence-corrected chi connectivity index (χ4v) is 3.06. The van der Waals surface area contributed by atoms with E-state index in [1.807, 2.05) is 0 Å². The Balaban J connectivity index is 2.69. The molecule has 2 unspecified atom stereocenters. The van der Waals surface area contributed by atoms with Crippen molar-refractivity contribution < 1.29 is 17.9 Å². The van der Waals surface area contributed by atoms with Gasteiger partial charge < -0.3 is 10.5 Å². The van der Waals surface area contributed by atoms with Crippen LogP contribution in [0.15, 0.2) is 0 Å². The number of rotatable bonds is 1. The van der Waals surface area contributed by atoms with E-state index < -0.39 is 27.8 Å². The molecular formula is C7H13NO4S. The number of ether oxygens (including phenoxy) is 1. The lowest BCUT2D eigenvalue weighted by Crippen LogP contribution is -2.46. The predicted molar refractivity (Wildman–Crippen MR) is 46.8 cm³/mol. The molecule has 1 fully saturated rings. The fraction of sp³-hybridized carbons (Fsp3) is 0.857. The summed E-state index contributed by atoms with van der Waals surface area (Å²) in [4.78, 5) is 11.1. The van der Waals surface area contributed by atoms with Crippen LogP contribution in [0.5, 0.6) is 0 Å². The lowest BCUT2D eigenvalue weighted by molar-refractivity contribution is -0.146. The van der Waals surface area contributed by atoms with E-state index in [9.17, 15) is 13.2 Å². The van der Waals surface area contributed by atoms with Gasteiger partial charge in [0.05, 0.1) is 24.5 Å². The minimum absolute atomic E-state index is 0.0282. The molecule has 0 saturated carbocycles. The second-order valence-corrected chi connectivity index (χ2v) is 5.43. The van der Waals surface area contributed by atoms with Crippen LogP contribution in [0.25, 0.3) is 0 Å². The van der Waals surface area contributed by atoms with Crippen molar-refractivity contribution in [2.45, 2.75) is 12.5 Å². The van der Waals surface area contributed by atoms with Crippen molar-refractivity contribution in [2.24, 2.45) is 11.7 Å². The lowest BCUT2D eigenvalue weighted by atomic mass is 9.99. The molecule has 0 bridgehead atoms. The third-order valence-corrected chi connectivity index (χ3v) is 3.96. The van der Waals surface area contributed by atoms with E-state index in [2.05, 4.69) is 4.74 Å². The van der Waals surface area contributed by atoms with Crippen molar-refractivity contribution >= 4 is 15.8 Å². The molecule has 0 amide bonds. The van der Waals surface area contributed by atoms with Crippen molar-refractivity contribution in [3.8, 4) is 0 Å². The van der Waals surface area contributed by atoms with E-state index in [1.165, 1.54) is 7.11 Å². The molecule has 5 nitrogen and oxygen atoms in total. The van der Waals surface area contributed by atoms with Crippen LogP contribution in [0.3, 0.4) is 0 Å². The zero-order valence-electron chi connectivity index (χ0n) is 7.39. The highest BCUT2D eigenvalue weighted by Crippen LogP contribution is 2.19. The molecule has 1 aliphatic heterocycles. The topological polar surface area (TPSA) is 86.5 Å². The smallest absolute Gasteiger partial charge is 0.310 e. The second kappa shape index (κ2) is 3.63. The Kier molecular flexibility index (Phi) is 2.92. The van der Waals surface area contributed by atoms with Gasteiger partial charge in [0.1, 0.15) is 0 Å². The van der Waals surface area contributed by atoms with Gasteiger partial charge in [-0.3, -0.25) is 4.79 Å². The van der Waals surface area contributed by atoms with Crippen LogP contribution in [-0.4, -0.2) is 39.0 Å². The molecule has 0 aromatic rings. The molecule has 0 aromatic carbocycles. The van der Waals surface area contributed by atoms with Crippen LogP contribution in [0.4, 0.5) is 0 Å². The van der Waals surface area contributed by atoms with Gasteiger partial charge in [-0.15, -0.1) is 0 Å². The first-order valence-electron chi connectivity index (χ1n) is 4.00. The molecule has 1 saturated heterocycles. The van der Waals surface area contributed by atoms with E-state index in [4.69, 9.17) is 5.73 Å². The van der Waals surface area contributed by atoms with Gasteiger partial charge in [-0.05, 0) is 6.42 Å². The highest BCUT2D eigenvalue weighted by atomic mass is 32.2. The van der Waals surface area contributed by atoms with E-state index in [-0.39, 0.29) is 17.9 Å². The van der Waals surface area contributed by atoms with Gasteiger partial charge in [-0.1, -0.05) is 0 Å². The minimum Gasteiger partial charge on any atom is -0.469 e. The summed E-state index contributed by atoms with van der Waals surface area (Å²) in [5.74, 6) is -0.969. The number of carbonyl (C=O) groups is 1. The Morgan fingerprint density at radius 2 is 2.15 bits per heavy atom. The third kappa shape index (κ3) is 2.41. The van der Waals surface area contributed by atoms with Crippen molar-refractivity contribution in [1.82, 2.24) is 0 Å². The summed E-state index contributed by atoms with van der Waals surface area (Å²) in [6, 6.07) is -0.619. The summed E-state index contributed by atoms with van der Waals surface area (Å²) >= 11 is 0. The van der Waals surface area contributed by atoms with Crippen LogP contribution in [-0.2, 0) is 19.4 Å². The van der Waals surface area contributed by atoms with Crippen molar-refractivity contribution in [3.63, 3.8) is 0 Å². The molecule has 1 rings (SSSR count). The Morgan fingerprint density at radius 3 is 2.62 bits per heavy atom. The summed E-state index contributed by atoms with van der Waals surface area (Å²) in [6.45, 7) is 0. The first-order chi connectivity index (χ1) is 5.96. The first kappa shape index (κ1) is 10.5. The van der Waals surface area contributed by atoms with Gasteiger partial charge in [0.25, 0.3) is 0 Å². The molecule has 2 N–H and O–H groups in total. The van der Waals surface area contributed by atoms with Gasteiger partial charge >= 0.3 is 5.97 Å². The fourth-order valence-electron chi connectivity index (χ4n) is 1.46. The largest absolute Gasteiger partial charge is 0.469 e. The number of nitrogens with two attached hydrogens (primary N) is 1. The Labute approximate surface area is 77.2 Å². The van der Waals surface area contributed by atoms with Crippen LogP contribution >= 0.6 is 0 Å². The van der Waals surface area contributed by atoms with Gasteiger partial charge in [-0.2, -0.15) is 0 Å². The number of methoxy groups -OCH3 is 1. The Bertz CT molecular complexity index is 298. The summed E-state index contributed by atoms with van der Waals surface area (Å²) in [7, 11) is -1.76. The molecule has 6 heteroatoms. The van der Waals surface area contributed by atoms with Crippen molar-refractivity contribution in [1.29, 1.82) is 0 Å². The van der Waals surface area contributed by atoms with Gasteiger partial charge in [0.2, 0.25) is 0 Å². The number of hydrogen-bond acceptors (Lipinski definition) is 5. The van der Waals surface area contributed by atoms with Crippen LogP contribution in [0.2, 0.25) is 0 Å². The normalized spacial score (nSPS) is 32.5. The van der Waals surface area contributed by atoms with Gasteiger partial charge in [0, 0.05) is 6.04 Å². The van der Waals surface area contributed by atoms with Crippen LogP contribution in [0.1, 0.15) is 6.42 Å². The molecule has 0 radical (unpaired) electrons. The van der Waals surface area contributed by atoms with Gasteiger partial charge in [-0.25, -0.2) is 8.42 Å². The molecule has 0 spiro atoms. The SMILES string of the molecule is COC(=O)C1CCS(=O)(=O)CC1N. The third-order valence-electron chi connectivity index (χ3n) is 2.21. The molecule has 13 heavy (non-hydrogen) atoms. The molecule has 0 aromatic heterocycles. The number of sulfone groups is 1. The highest BCUT2D eigenvalue weighted by Gasteiger charge is 2.35. The van der Waals surface area contributed by atoms with Crippen molar-refractivity contribution in [2.75, 3.05) is 18.6 Å². The maximum atomic E-state index is 11.1. The predicted octanol–water partition coefficient (Wildman–Crippen LogP) is -1.08. The summed E-state index contributed by atoms with van der Waals surface area (Å²) in [6.07, 6.45) is 0.274. The molecular weight excluding hydrogens is 194 g/mol. The highest BCUT2D eigenvalue weighted by molar-refractivity contribution is 7.91. The molecule has 2 atom stereocenters. The quantitative estimate of drug-likeness (QED) is 0.553. The monoisotopic (exact) mass is 207 g/mol. The molecule has 1 heterocycles. The molecule has 0 aliphatic carbocycles. The zero-order valence-corrected chi connectivity index (χ0v) is 8.21. The number of hydrogen-bond donors (Lipinski definition) is 1. The zero-order chi connectivity index (χ0) is 10.1. The average molecular weight is 207 g/mol. The summed E-state index contributed by atoms with van der Waals surface area (Å²) < 4.78 is 26.7. The lowest BCUT2D eigenvalue weighted by Gasteiger charge is -2.25. The van der Waals surface area contributed by atoms with Crippen LogP contribution < -0.4 is 5.73 Å². The van der Waals surface area contributed by atoms with Crippen LogP contribution in [0, 0.1) is 5.92 Å². The number of carbonyl (C=O) groups excluding carboxylic acids is 1. The van der Waals surface area contributed by atoms with E-state index in [0.29, 0.717) is 0 Å². The maximum absolute atomic E-state index is 11.1. The molecule has 1 aliphatic rings. The molecule has 76 valence electrons. The van der Waals surface area contributed by atoms with E-state index in [1.54, 1.807) is 0 Å². The standard InChI is InChI=1S/C7H13NO4S/c1-12-7(9)5-2-3-13(10,11)4-6(5)8/h5-6H,2-4,8H2,1H3. The Morgan fingerprint density at radius 1 is 1.54 bits per heavy atom. The summed E-state index contributed by atoms with van der Waals surface area (Å²) in [5.41, 5.74) is 5.55. The maximum Gasteiger partial charge on any atom is 0.310 e. The van der Waals surface area contributed by atoms with E-state index >= 15 is 0 Å². The van der Waals surface area contributed by atoms with Crippen molar-refractivity contribution in [3.05, 3.63) is 0 Å². The number of esters is 1. The average Bonchev–Trinajstić information content (AvgIpc) is 2.01. The first-order valence-corrected chi connectivity index (χ1v) is 5.82. The van der Waals surface area contributed by atoms with E-state index in [0.717, 1.165) is 0 Å².